The van der Waals surface area contributed by atoms with Crippen molar-refractivity contribution in [3.05, 3.63) is 82.9 Å². The van der Waals surface area contributed by atoms with Crippen molar-refractivity contribution in [3.8, 4) is 33.4 Å². The fourth-order valence-corrected chi connectivity index (χ4v) is 6.21. The number of benzene rings is 4. The van der Waals surface area contributed by atoms with E-state index in [2.05, 4.69) is 74.5 Å². The Morgan fingerprint density at radius 3 is 2.22 bits per heavy atom. The third kappa shape index (κ3) is 1.50. The van der Waals surface area contributed by atoms with Crippen LogP contribution in [-0.4, -0.2) is 0 Å². The number of rotatable bonds is 0. The van der Waals surface area contributed by atoms with Gasteiger partial charge in [-0.3, -0.25) is 0 Å². The Morgan fingerprint density at radius 2 is 1.37 bits per heavy atom. The van der Waals surface area contributed by atoms with Crippen LogP contribution in [0.15, 0.2) is 60.7 Å². The van der Waals surface area contributed by atoms with E-state index in [0.717, 1.165) is 12.8 Å². The van der Waals surface area contributed by atoms with E-state index in [0.29, 0.717) is 0 Å². The van der Waals surface area contributed by atoms with E-state index in [-0.39, 0.29) is 5.41 Å². The lowest BCUT2D eigenvalue weighted by Gasteiger charge is -2.24. The lowest BCUT2D eigenvalue weighted by Crippen LogP contribution is -2.17. The molecule has 0 saturated heterocycles. The third-order valence-electron chi connectivity index (χ3n) is 7.09. The molecule has 7 rings (SSSR count). The second-order valence-corrected chi connectivity index (χ2v) is 9.07. The van der Waals surface area contributed by atoms with Gasteiger partial charge in [-0.25, -0.2) is 0 Å². The van der Waals surface area contributed by atoms with E-state index in [9.17, 15) is 0 Å². The maximum absolute atomic E-state index is 2.44. The van der Waals surface area contributed by atoms with Gasteiger partial charge in [-0.2, -0.15) is 0 Å². The third-order valence-corrected chi connectivity index (χ3v) is 7.09. The zero-order chi connectivity index (χ0) is 17.9. The van der Waals surface area contributed by atoms with Gasteiger partial charge in [0.05, 0.1) is 0 Å². The molecule has 0 amide bonds. The second-order valence-electron chi connectivity index (χ2n) is 9.07. The molecule has 0 fully saturated rings. The highest BCUT2D eigenvalue weighted by Crippen LogP contribution is 2.60. The van der Waals surface area contributed by atoms with E-state index in [1.807, 2.05) is 0 Å². The predicted octanol–water partition coefficient (Wildman–Crippen LogP) is 6.89. The van der Waals surface area contributed by atoms with Gasteiger partial charge in [0.15, 0.2) is 0 Å². The predicted molar refractivity (Wildman–Crippen MR) is 113 cm³/mol. The first-order valence-corrected chi connectivity index (χ1v) is 9.98. The van der Waals surface area contributed by atoms with Gasteiger partial charge in [-0.15, -0.1) is 0 Å². The molecule has 0 aliphatic heterocycles. The highest BCUT2D eigenvalue weighted by atomic mass is 14.4. The second kappa shape index (κ2) is 4.34. The molecule has 27 heavy (non-hydrogen) atoms. The molecule has 4 aromatic rings. The number of hydrogen-bond acceptors (Lipinski definition) is 0. The Kier molecular flexibility index (Phi) is 2.29. The van der Waals surface area contributed by atoms with Gasteiger partial charge in [0.25, 0.3) is 0 Å². The van der Waals surface area contributed by atoms with Crippen LogP contribution in [0, 0.1) is 0 Å². The zero-order valence-electron chi connectivity index (χ0n) is 15.7. The van der Waals surface area contributed by atoms with Crippen LogP contribution in [0.25, 0.3) is 44.2 Å². The standard InChI is InChI=1S/C27H20/c1-27(2)14-16-11-12-20-18-9-5-6-10-19(18)25-23-17-8-4-3-7-15(17)13-21(23)26(27)22(16)24(20)25/h3-12H,13-14H2,1-2H3. The average Bonchev–Trinajstić information content (AvgIpc) is 3.28. The fourth-order valence-electron chi connectivity index (χ4n) is 6.21. The van der Waals surface area contributed by atoms with Crippen LogP contribution in [0.2, 0.25) is 0 Å². The first-order chi connectivity index (χ1) is 13.1. The highest BCUT2D eigenvalue weighted by molar-refractivity contribution is 6.22. The highest BCUT2D eigenvalue weighted by Gasteiger charge is 2.41. The summed E-state index contributed by atoms with van der Waals surface area (Å²) in [4.78, 5) is 0. The lowest BCUT2D eigenvalue weighted by molar-refractivity contribution is 0.543. The minimum atomic E-state index is 0.209. The first kappa shape index (κ1) is 14.2. The largest absolute Gasteiger partial charge is 0.0619 e. The van der Waals surface area contributed by atoms with Crippen molar-refractivity contribution >= 4 is 10.8 Å². The summed E-state index contributed by atoms with van der Waals surface area (Å²) in [6, 6.07) is 22.8. The summed E-state index contributed by atoms with van der Waals surface area (Å²) in [6.07, 6.45) is 2.24. The Morgan fingerprint density at radius 1 is 0.630 bits per heavy atom. The van der Waals surface area contributed by atoms with Crippen LogP contribution in [0.3, 0.4) is 0 Å². The molecule has 0 bridgehead atoms. The van der Waals surface area contributed by atoms with Crippen LogP contribution in [-0.2, 0) is 18.3 Å². The number of fused-ring (bicyclic) bond motifs is 8. The Labute approximate surface area is 159 Å². The Hall–Kier alpha value is -2.86. The maximum Gasteiger partial charge on any atom is -0.00101 e. The Balaban J connectivity index is 1.79. The van der Waals surface area contributed by atoms with Crippen LogP contribution in [0.5, 0.6) is 0 Å². The van der Waals surface area contributed by atoms with Crippen LogP contribution in [0.4, 0.5) is 0 Å². The van der Waals surface area contributed by atoms with Crippen LogP contribution < -0.4 is 0 Å². The molecule has 3 aliphatic rings. The molecule has 0 saturated carbocycles. The average molecular weight is 344 g/mol. The summed E-state index contributed by atoms with van der Waals surface area (Å²) in [6.45, 7) is 4.88. The van der Waals surface area contributed by atoms with E-state index >= 15 is 0 Å². The van der Waals surface area contributed by atoms with Gasteiger partial charge < -0.3 is 0 Å². The normalized spacial score (nSPS) is 16.5. The van der Waals surface area contributed by atoms with E-state index in [4.69, 9.17) is 0 Å². The molecule has 0 N–H and O–H groups in total. The molecule has 0 aromatic heterocycles. The van der Waals surface area contributed by atoms with Crippen LogP contribution in [0.1, 0.15) is 36.1 Å². The topological polar surface area (TPSA) is 0 Å². The van der Waals surface area contributed by atoms with Crippen molar-refractivity contribution in [1.29, 1.82) is 0 Å². The molecular formula is C27H20. The van der Waals surface area contributed by atoms with Gasteiger partial charge >= 0.3 is 0 Å². The van der Waals surface area contributed by atoms with E-state index < -0.39 is 0 Å². The molecule has 0 spiro atoms. The van der Waals surface area contributed by atoms with Gasteiger partial charge in [0, 0.05) is 0 Å². The first-order valence-electron chi connectivity index (χ1n) is 9.98. The maximum atomic E-state index is 2.44. The zero-order valence-corrected chi connectivity index (χ0v) is 15.7. The van der Waals surface area contributed by atoms with E-state index in [1.165, 1.54) is 44.3 Å². The van der Waals surface area contributed by atoms with Crippen molar-refractivity contribution in [2.75, 3.05) is 0 Å². The minimum Gasteiger partial charge on any atom is -0.0619 e. The SMILES string of the molecule is CC1(C)Cc2ccc3c4c(c5c(c1c24)Cc1ccccc1-5)-c1ccccc1-3. The van der Waals surface area contributed by atoms with Crippen molar-refractivity contribution < 1.29 is 0 Å². The smallest absolute Gasteiger partial charge is 0.00101 e. The van der Waals surface area contributed by atoms with Crippen molar-refractivity contribution in [2.45, 2.75) is 32.1 Å². The molecule has 0 heterocycles. The summed E-state index contributed by atoms with van der Waals surface area (Å²) in [5, 5.41) is 3.08. The van der Waals surface area contributed by atoms with Gasteiger partial charge in [-0.1, -0.05) is 74.5 Å². The van der Waals surface area contributed by atoms with Crippen LogP contribution >= 0.6 is 0 Å². The fraction of sp³-hybridized carbons (Fsp3) is 0.185. The molecule has 4 aromatic carbocycles. The van der Waals surface area contributed by atoms with E-state index in [1.54, 1.807) is 22.1 Å². The molecule has 128 valence electrons. The molecular weight excluding hydrogens is 324 g/mol. The minimum absolute atomic E-state index is 0.209. The summed E-state index contributed by atoms with van der Waals surface area (Å²) in [5.74, 6) is 0. The van der Waals surface area contributed by atoms with Crippen molar-refractivity contribution in [1.82, 2.24) is 0 Å². The molecule has 0 unspecified atom stereocenters. The molecule has 0 radical (unpaired) electrons. The summed E-state index contributed by atoms with van der Waals surface area (Å²) >= 11 is 0. The summed E-state index contributed by atoms with van der Waals surface area (Å²) < 4.78 is 0. The molecule has 0 atom stereocenters. The quantitative estimate of drug-likeness (QED) is 0.281. The van der Waals surface area contributed by atoms with Crippen molar-refractivity contribution in [3.63, 3.8) is 0 Å². The van der Waals surface area contributed by atoms with Crippen molar-refractivity contribution in [2.24, 2.45) is 0 Å². The summed E-state index contributed by atoms with van der Waals surface area (Å²) in [5.41, 5.74) is 15.2. The van der Waals surface area contributed by atoms with Gasteiger partial charge in [0.2, 0.25) is 0 Å². The summed E-state index contributed by atoms with van der Waals surface area (Å²) in [7, 11) is 0. The van der Waals surface area contributed by atoms with Gasteiger partial charge in [0.1, 0.15) is 0 Å². The Bertz CT molecular complexity index is 1330. The number of hydrogen-bond donors (Lipinski definition) is 0. The monoisotopic (exact) mass is 344 g/mol. The lowest BCUT2D eigenvalue weighted by atomic mass is 9.79. The molecule has 0 heteroatoms. The molecule has 0 nitrogen and oxygen atoms in total. The molecule has 3 aliphatic carbocycles. The van der Waals surface area contributed by atoms with Gasteiger partial charge in [-0.05, 0) is 84.7 Å².